The molecule has 8 nitrogen and oxygen atoms in total. The smallest absolute Gasteiger partial charge is 0.328 e. The number of carbonyl (C=O) groups excluding carboxylic acids is 4. The summed E-state index contributed by atoms with van der Waals surface area (Å²) in [7, 11) is 1.25. The topological polar surface area (TPSA) is 102 Å². The van der Waals surface area contributed by atoms with Gasteiger partial charge in [-0.25, -0.2) is 4.79 Å². The van der Waals surface area contributed by atoms with E-state index in [2.05, 4.69) is 12.2 Å². The molecule has 1 aliphatic rings. The van der Waals surface area contributed by atoms with Gasteiger partial charge in [0.25, 0.3) is 5.91 Å². The first-order valence-corrected chi connectivity index (χ1v) is 10.2. The summed E-state index contributed by atoms with van der Waals surface area (Å²) in [5, 5.41) is 2.53. The van der Waals surface area contributed by atoms with Crippen LogP contribution in [0.15, 0.2) is 24.3 Å². The highest BCUT2D eigenvalue weighted by atomic mass is 16.5. The van der Waals surface area contributed by atoms with Gasteiger partial charge in [0.15, 0.2) is 6.61 Å². The van der Waals surface area contributed by atoms with Gasteiger partial charge in [-0.3, -0.25) is 14.4 Å². The van der Waals surface area contributed by atoms with Gasteiger partial charge in [-0.05, 0) is 36.5 Å². The van der Waals surface area contributed by atoms with Crippen LogP contribution in [0.3, 0.4) is 0 Å². The minimum atomic E-state index is -0.796. The zero-order chi connectivity index (χ0) is 22.3. The first-order chi connectivity index (χ1) is 14.2. The van der Waals surface area contributed by atoms with Crippen LogP contribution < -0.4 is 10.2 Å². The second-order valence-electron chi connectivity index (χ2n) is 7.81. The number of amides is 2. The van der Waals surface area contributed by atoms with Gasteiger partial charge in [0, 0.05) is 18.7 Å². The summed E-state index contributed by atoms with van der Waals surface area (Å²) in [6.45, 7) is 5.58. The number of ether oxygens (including phenoxy) is 2. The fraction of sp³-hybridized carbons (Fsp3) is 0.545. The van der Waals surface area contributed by atoms with E-state index in [1.54, 1.807) is 4.90 Å². The van der Waals surface area contributed by atoms with Crippen molar-refractivity contribution in [2.45, 2.75) is 46.1 Å². The molecule has 2 unspecified atom stereocenters. The van der Waals surface area contributed by atoms with Crippen molar-refractivity contribution in [3.8, 4) is 0 Å². The van der Waals surface area contributed by atoms with Crippen molar-refractivity contribution in [2.75, 3.05) is 25.2 Å². The van der Waals surface area contributed by atoms with Crippen molar-refractivity contribution >= 4 is 29.4 Å². The molecule has 0 radical (unpaired) electrons. The maximum Gasteiger partial charge on any atom is 0.328 e. The van der Waals surface area contributed by atoms with Crippen molar-refractivity contribution in [1.29, 1.82) is 0 Å². The molecular formula is C22H30N2O6. The maximum atomic E-state index is 12.4. The quantitative estimate of drug-likeness (QED) is 0.614. The van der Waals surface area contributed by atoms with Crippen LogP contribution in [-0.4, -0.2) is 50.1 Å². The molecule has 2 rings (SSSR count). The number of aryl methyl sites for hydroxylation is 1. The van der Waals surface area contributed by atoms with Gasteiger partial charge in [0.05, 0.1) is 13.0 Å². The third-order valence-electron chi connectivity index (χ3n) is 4.99. The number of hydrogen-bond acceptors (Lipinski definition) is 6. The summed E-state index contributed by atoms with van der Waals surface area (Å²) in [6, 6.07) is 6.83. The molecule has 0 saturated carbocycles. The minimum Gasteiger partial charge on any atom is -0.467 e. The number of nitrogens with one attached hydrogen (secondary N) is 1. The van der Waals surface area contributed by atoms with E-state index in [0.29, 0.717) is 6.42 Å². The zero-order valence-corrected chi connectivity index (χ0v) is 18.0. The first-order valence-electron chi connectivity index (χ1n) is 10.2. The number of hydrogen-bond donors (Lipinski definition) is 1. The van der Waals surface area contributed by atoms with E-state index in [0.717, 1.165) is 17.7 Å². The van der Waals surface area contributed by atoms with Crippen LogP contribution in [0.25, 0.3) is 0 Å². The Kier molecular flexibility index (Phi) is 8.38. The highest BCUT2D eigenvalue weighted by Crippen LogP contribution is 2.26. The number of methoxy groups -OCH3 is 1. The van der Waals surface area contributed by atoms with E-state index >= 15 is 0 Å². The predicted octanol–water partition coefficient (Wildman–Crippen LogP) is 1.85. The zero-order valence-electron chi connectivity index (χ0n) is 18.0. The van der Waals surface area contributed by atoms with Gasteiger partial charge in [0.2, 0.25) is 5.91 Å². The number of esters is 2. The third-order valence-corrected chi connectivity index (χ3v) is 4.99. The van der Waals surface area contributed by atoms with Crippen molar-refractivity contribution < 1.29 is 28.7 Å². The number of benzene rings is 1. The highest BCUT2D eigenvalue weighted by molar-refractivity contribution is 5.99. The molecule has 1 aromatic rings. The van der Waals surface area contributed by atoms with Crippen LogP contribution in [0, 0.1) is 11.8 Å². The van der Waals surface area contributed by atoms with Gasteiger partial charge in [-0.15, -0.1) is 0 Å². The molecule has 8 heteroatoms. The monoisotopic (exact) mass is 418 g/mol. The number of anilines is 1. The maximum absolute atomic E-state index is 12.4. The second-order valence-corrected chi connectivity index (χ2v) is 7.81. The van der Waals surface area contributed by atoms with Crippen LogP contribution in [0.4, 0.5) is 5.69 Å². The lowest BCUT2D eigenvalue weighted by Gasteiger charge is -2.19. The Morgan fingerprint density at radius 1 is 1.20 bits per heavy atom. The molecule has 164 valence electrons. The SMILES string of the molecule is CCc1ccc(N2CC(C(=O)OCC(=O)NC(CC(C)C)C(=O)OC)CC2=O)cc1. The molecule has 1 aliphatic heterocycles. The largest absolute Gasteiger partial charge is 0.467 e. The molecule has 0 spiro atoms. The van der Waals surface area contributed by atoms with Gasteiger partial charge in [-0.1, -0.05) is 32.9 Å². The van der Waals surface area contributed by atoms with Crippen LogP contribution in [0.1, 0.15) is 39.2 Å². The average Bonchev–Trinajstić information content (AvgIpc) is 3.12. The number of nitrogens with zero attached hydrogens (tertiary/aromatic N) is 1. The minimum absolute atomic E-state index is 0.0358. The van der Waals surface area contributed by atoms with Gasteiger partial charge in [0.1, 0.15) is 6.04 Å². The Morgan fingerprint density at radius 3 is 2.43 bits per heavy atom. The van der Waals surface area contributed by atoms with Crippen LogP contribution >= 0.6 is 0 Å². The first kappa shape index (κ1) is 23.4. The molecule has 1 fully saturated rings. The second kappa shape index (κ2) is 10.8. The van der Waals surface area contributed by atoms with E-state index in [1.165, 1.54) is 7.11 Å². The lowest BCUT2D eigenvalue weighted by molar-refractivity contribution is -0.153. The fourth-order valence-corrected chi connectivity index (χ4v) is 3.34. The van der Waals surface area contributed by atoms with Gasteiger partial charge in [-0.2, -0.15) is 0 Å². The van der Waals surface area contributed by atoms with Crippen molar-refractivity contribution in [1.82, 2.24) is 5.32 Å². The summed E-state index contributed by atoms with van der Waals surface area (Å²) in [4.78, 5) is 50.1. The van der Waals surface area contributed by atoms with E-state index in [-0.39, 0.29) is 24.8 Å². The van der Waals surface area contributed by atoms with Gasteiger partial charge < -0.3 is 19.7 Å². The molecule has 1 aromatic carbocycles. The Morgan fingerprint density at radius 2 is 1.87 bits per heavy atom. The third kappa shape index (κ3) is 6.30. The molecule has 2 atom stereocenters. The Labute approximate surface area is 176 Å². The van der Waals surface area contributed by atoms with Crippen molar-refractivity contribution in [3.63, 3.8) is 0 Å². The highest BCUT2D eigenvalue weighted by Gasteiger charge is 2.36. The molecule has 30 heavy (non-hydrogen) atoms. The average molecular weight is 418 g/mol. The molecule has 1 heterocycles. The molecule has 1 N–H and O–H groups in total. The Hall–Kier alpha value is -2.90. The van der Waals surface area contributed by atoms with E-state index in [1.807, 2.05) is 38.1 Å². The molecule has 1 saturated heterocycles. The van der Waals surface area contributed by atoms with E-state index < -0.39 is 36.4 Å². The summed E-state index contributed by atoms with van der Waals surface area (Å²) < 4.78 is 9.79. The fourth-order valence-electron chi connectivity index (χ4n) is 3.34. The van der Waals surface area contributed by atoms with E-state index in [9.17, 15) is 19.2 Å². The van der Waals surface area contributed by atoms with E-state index in [4.69, 9.17) is 9.47 Å². The number of carbonyl (C=O) groups is 4. The molecular weight excluding hydrogens is 388 g/mol. The lowest BCUT2D eigenvalue weighted by atomic mass is 10.0. The van der Waals surface area contributed by atoms with Crippen LogP contribution in [-0.2, 0) is 35.1 Å². The summed E-state index contributed by atoms with van der Waals surface area (Å²) in [5.41, 5.74) is 1.90. The normalized spacial score (nSPS) is 17.0. The van der Waals surface area contributed by atoms with Gasteiger partial charge >= 0.3 is 11.9 Å². The summed E-state index contributed by atoms with van der Waals surface area (Å²) in [6.07, 6.45) is 1.35. The molecule has 0 bridgehead atoms. The summed E-state index contributed by atoms with van der Waals surface area (Å²) >= 11 is 0. The molecule has 0 aromatic heterocycles. The van der Waals surface area contributed by atoms with Crippen LogP contribution in [0.2, 0.25) is 0 Å². The Balaban J connectivity index is 1.87. The predicted molar refractivity (Wildman–Crippen MR) is 111 cm³/mol. The van der Waals surface area contributed by atoms with Crippen LogP contribution in [0.5, 0.6) is 0 Å². The summed E-state index contributed by atoms with van der Waals surface area (Å²) in [5.74, 6) is -2.37. The standard InChI is InChI=1S/C22H30N2O6/c1-5-15-6-8-17(9-7-15)24-12-16(11-20(24)26)21(27)30-13-19(25)23-18(10-14(2)3)22(28)29-4/h6-9,14,16,18H,5,10-13H2,1-4H3,(H,23,25). The molecule has 0 aliphatic carbocycles. The number of rotatable bonds is 9. The van der Waals surface area contributed by atoms with Crippen molar-refractivity contribution in [3.05, 3.63) is 29.8 Å². The Bertz CT molecular complexity index is 774. The van der Waals surface area contributed by atoms with Crippen molar-refractivity contribution in [2.24, 2.45) is 11.8 Å². The lowest BCUT2D eigenvalue weighted by Crippen LogP contribution is -2.44. The molecule has 2 amide bonds.